The molecule has 0 aromatic rings. The van der Waals surface area contributed by atoms with Crippen molar-refractivity contribution in [2.45, 2.75) is 31.8 Å². The number of carboxylic acids is 1. The second kappa shape index (κ2) is 7.09. The summed E-state index contributed by atoms with van der Waals surface area (Å²) in [5.41, 5.74) is 0. The third kappa shape index (κ3) is 3.85. The van der Waals surface area contributed by atoms with Gasteiger partial charge in [-0.25, -0.2) is 4.79 Å². The van der Waals surface area contributed by atoms with Crippen molar-refractivity contribution in [3.63, 3.8) is 0 Å². The maximum absolute atomic E-state index is 12.7. The lowest BCUT2D eigenvalue weighted by molar-refractivity contribution is -0.138. The number of piperazine rings is 1. The largest absolute Gasteiger partial charge is 0.480 e. The number of hydrogen-bond donors (Lipinski definition) is 1. The van der Waals surface area contributed by atoms with Gasteiger partial charge in [-0.15, -0.1) is 0 Å². The van der Waals surface area contributed by atoms with Gasteiger partial charge >= 0.3 is 12.0 Å². The first-order chi connectivity index (χ1) is 10.0. The minimum Gasteiger partial charge on any atom is -0.480 e. The quantitative estimate of drug-likeness (QED) is 0.791. The van der Waals surface area contributed by atoms with Crippen molar-refractivity contribution in [2.75, 3.05) is 46.4 Å². The summed E-state index contributed by atoms with van der Waals surface area (Å²) in [6, 6.07) is 0.360. The zero-order chi connectivity index (χ0) is 15.4. The molecule has 2 aliphatic rings. The normalized spacial score (nSPS) is 25.7. The van der Waals surface area contributed by atoms with Gasteiger partial charge in [0.25, 0.3) is 0 Å². The van der Waals surface area contributed by atoms with Gasteiger partial charge in [0.2, 0.25) is 0 Å². The molecule has 2 unspecified atom stereocenters. The number of methoxy groups -OCH3 is 1. The Balaban J connectivity index is 2.02. The maximum Gasteiger partial charge on any atom is 0.323 e. The van der Waals surface area contributed by atoms with Crippen LogP contribution >= 0.6 is 0 Å². The van der Waals surface area contributed by atoms with Crippen LogP contribution in [0.3, 0.4) is 0 Å². The van der Waals surface area contributed by atoms with Gasteiger partial charge in [-0.3, -0.25) is 9.69 Å². The summed E-state index contributed by atoms with van der Waals surface area (Å²) < 4.78 is 4.97. The number of rotatable bonds is 5. The van der Waals surface area contributed by atoms with E-state index in [1.807, 2.05) is 11.8 Å². The third-order valence-electron chi connectivity index (χ3n) is 4.34. The van der Waals surface area contributed by atoms with Crippen molar-refractivity contribution in [3.8, 4) is 0 Å². The smallest absolute Gasteiger partial charge is 0.323 e. The summed E-state index contributed by atoms with van der Waals surface area (Å²) in [5.74, 6) is -0.994. The molecule has 1 N–H and O–H groups in total. The van der Waals surface area contributed by atoms with Crippen LogP contribution in [-0.4, -0.2) is 90.3 Å². The zero-order valence-electron chi connectivity index (χ0n) is 12.8. The molecule has 0 aliphatic carbocycles. The van der Waals surface area contributed by atoms with Crippen molar-refractivity contribution in [3.05, 3.63) is 0 Å². The minimum absolute atomic E-state index is 0.116. The predicted octanol–water partition coefficient (Wildman–Crippen LogP) is 0.308. The molecule has 2 fully saturated rings. The first kappa shape index (κ1) is 16.0. The fourth-order valence-corrected chi connectivity index (χ4v) is 3.24. The molecule has 21 heavy (non-hydrogen) atoms. The number of carboxylic acid groups (broad SMARTS) is 1. The molecule has 2 rings (SSSR count). The Morgan fingerprint density at radius 2 is 2.14 bits per heavy atom. The second-order valence-corrected chi connectivity index (χ2v) is 5.88. The number of aliphatic carboxylic acids is 1. The number of carbonyl (C=O) groups is 2. The zero-order valence-corrected chi connectivity index (χ0v) is 12.8. The molecule has 7 nitrogen and oxygen atoms in total. The Kier molecular flexibility index (Phi) is 5.41. The molecule has 0 spiro atoms. The first-order valence-electron chi connectivity index (χ1n) is 7.53. The van der Waals surface area contributed by atoms with Crippen molar-refractivity contribution in [2.24, 2.45) is 0 Å². The van der Waals surface area contributed by atoms with Gasteiger partial charge < -0.3 is 19.6 Å². The number of urea groups is 1. The van der Waals surface area contributed by atoms with E-state index in [2.05, 4.69) is 4.90 Å². The molecule has 2 heterocycles. The van der Waals surface area contributed by atoms with Crippen molar-refractivity contribution >= 4 is 12.0 Å². The highest BCUT2D eigenvalue weighted by molar-refractivity contribution is 5.80. The molecule has 120 valence electrons. The van der Waals surface area contributed by atoms with Crippen LogP contribution in [0.25, 0.3) is 0 Å². The van der Waals surface area contributed by atoms with Crippen LogP contribution in [0.15, 0.2) is 0 Å². The van der Waals surface area contributed by atoms with Crippen LogP contribution in [0.4, 0.5) is 4.79 Å². The van der Waals surface area contributed by atoms with E-state index < -0.39 is 5.97 Å². The van der Waals surface area contributed by atoms with E-state index in [-0.39, 0.29) is 18.6 Å². The fraction of sp³-hybridized carbons (Fsp3) is 0.857. The molecule has 0 bridgehead atoms. The van der Waals surface area contributed by atoms with E-state index in [0.29, 0.717) is 25.7 Å². The van der Waals surface area contributed by atoms with E-state index in [1.165, 1.54) is 11.3 Å². The molecular formula is C14H25N3O4. The molecule has 2 atom stereocenters. The van der Waals surface area contributed by atoms with E-state index in [1.54, 1.807) is 7.11 Å². The molecule has 0 saturated carbocycles. The predicted molar refractivity (Wildman–Crippen MR) is 77.2 cm³/mol. The van der Waals surface area contributed by atoms with Gasteiger partial charge in [0, 0.05) is 38.8 Å². The van der Waals surface area contributed by atoms with Crippen LogP contribution in [-0.2, 0) is 9.53 Å². The number of hydrogen-bond acceptors (Lipinski definition) is 4. The second-order valence-electron chi connectivity index (χ2n) is 5.88. The fourth-order valence-electron chi connectivity index (χ4n) is 3.24. The van der Waals surface area contributed by atoms with Crippen molar-refractivity contribution < 1.29 is 19.4 Å². The lowest BCUT2D eigenvalue weighted by Crippen LogP contribution is -2.60. The molecule has 2 aliphatic heterocycles. The monoisotopic (exact) mass is 299 g/mol. The SMILES string of the molecule is COCCN(CC(=O)O)C(=O)N1CC2CCCN2CC1C. The minimum atomic E-state index is -0.994. The number of ether oxygens (including phenoxy) is 1. The number of carbonyl (C=O) groups excluding carboxylic acids is 1. The van der Waals surface area contributed by atoms with E-state index in [4.69, 9.17) is 9.84 Å². The van der Waals surface area contributed by atoms with Crippen LogP contribution in [0.1, 0.15) is 19.8 Å². The highest BCUT2D eigenvalue weighted by atomic mass is 16.5. The lowest BCUT2D eigenvalue weighted by Gasteiger charge is -2.43. The summed E-state index contributed by atoms with van der Waals surface area (Å²) >= 11 is 0. The molecule has 7 heteroatoms. The molecule has 0 aromatic carbocycles. The standard InChI is InChI=1S/C14H25N3O4/c1-11-8-15-5-3-4-12(15)9-17(11)14(20)16(6-7-21-2)10-13(18)19/h11-12H,3-10H2,1-2H3,(H,18,19). The Hall–Kier alpha value is -1.34. The van der Waals surface area contributed by atoms with Crippen LogP contribution in [0.5, 0.6) is 0 Å². The lowest BCUT2D eigenvalue weighted by atomic mass is 10.1. The summed E-state index contributed by atoms with van der Waals surface area (Å²) in [7, 11) is 1.54. The molecule has 2 amide bonds. The molecule has 2 saturated heterocycles. The maximum atomic E-state index is 12.7. The van der Waals surface area contributed by atoms with Gasteiger partial charge in [-0.1, -0.05) is 0 Å². The van der Waals surface area contributed by atoms with Gasteiger partial charge in [0.1, 0.15) is 6.54 Å². The summed E-state index contributed by atoms with van der Waals surface area (Å²) in [4.78, 5) is 29.2. The summed E-state index contributed by atoms with van der Waals surface area (Å²) in [6.45, 7) is 5.09. The average Bonchev–Trinajstić information content (AvgIpc) is 2.88. The van der Waals surface area contributed by atoms with E-state index in [9.17, 15) is 9.59 Å². The Morgan fingerprint density at radius 1 is 1.38 bits per heavy atom. The molecule has 0 radical (unpaired) electrons. The van der Waals surface area contributed by atoms with Crippen LogP contribution in [0, 0.1) is 0 Å². The third-order valence-corrected chi connectivity index (χ3v) is 4.34. The van der Waals surface area contributed by atoms with Crippen molar-refractivity contribution in [1.82, 2.24) is 14.7 Å². The van der Waals surface area contributed by atoms with Crippen LogP contribution in [0.2, 0.25) is 0 Å². The summed E-state index contributed by atoms with van der Waals surface area (Å²) in [6.07, 6.45) is 2.30. The number of nitrogens with zero attached hydrogens (tertiary/aromatic N) is 3. The van der Waals surface area contributed by atoms with Gasteiger partial charge in [0.15, 0.2) is 0 Å². The topological polar surface area (TPSA) is 73.3 Å². The van der Waals surface area contributed by atoms with Crippen LogP contribution < -0.4 is 0 Å². The van der Waals surface area contributed by atoms with Gasteiger partial charge in [0.05, 0.1) is 6.61 Å². The van der Waals surface area contributed by atoms with E-state index >= 15 is 0 Å². The Bertz CT molecular complexity index is 390. The van der Waals surface area contributed by atoms with Crippen molar-refractivity contribution in [1.29, 1.82) is 0 Å². The Morgan fingerprint density at radius 3 is 2.81 bits per heavy atom. The van der Waals surface area contributed by atoms with E-state index in [0.717, 1.165) is 19.5 Å². The molecule has 0 aromatic heterocycles. The Labute approximate surface area is 125 Å². The van der Waals surface area contributed by atoms with Gasteiger partial charge in [-0.05, 0) is 26.3 Å². The molecular weight excluding hydrogens is 274 g/mol. The summed E-state index contributed by atoms with van der Waals surface area (Å²) in [5, 5.41) is 8.99. The number of amides is 2. The highest BCUT2D eigenvalue weighted by Crippen LogP contribution is 2.25. The van der Waals surface area contributed by atoms with Gasteiger partial charge in [-0.2, -0.15) is 0 Å². The highest BCUT2D eigenvalue weighted by Gasteiger charge is 2.38. The number of fused-ring (bicyclic) bond motifs is 1. The first-order valence-corrected chi connectivity index (χ1v) is 7.53. The average molecular weight is 299 g/mol.